The van der Waals surface area contributed by atoms with Crippen LogP contribution >= 0.6 is 15.9 Å². The minimum atomic E-state index is -0.964. The largest absolute Gasteiger partial charge is 0.306 e. The summed E-state index contributed by atoms with van der Waals surface area (Å²) in [5, 5.41) is 7.58. The van der Waals surface area contributed by atoms with E-state index in [1.54, 1.807) is 16.8 Å². The lowest BCUT2D eigenvalue weighted by atomic mass is 10.2. The third-order valence-electron chi connectivity index (χ3n) is 4.27. The van der Waals surface area contributed by atoms with E-state index in [1.165, 1.54) is 0 Å². The molecule has 0 bridgehead atoms. The Morgan fingerprint density at radius 3 is 2.69 bits per heavy atom. The topological polar surface area (TPSA) is 64.0 Å². The van der Waals surface area contributed by atoms with Gasteiger partial charge in [-0.1, -0.05) is 39.7 Å². The van der Waals surface area contributed by atoms with Crippen LogP contribution in [0.1, 0.15) is 27.2 Å². The van der Waals surface area contributed by atoms with Crippen LogP contribution in [0.15, 0.2) is 53.0 Å². The zero-order valence-electron chi connectivity index (χ0n) is 14.0. The second kappa shape index (κ2) is 6.81. The highest BCUT2D eigenvalue weighted by molar-refractivity contribution is 9.10. The second-order valence-electron chi connectivity index (χ2n) is 6.21. The maximum absolute atomic E-state index is 12.7. The van der Waals surface area contributed by atoms with E-state index in [0.717, 1.165) is 27.0 Å². The number of hydrogen-bond donors (Lipinski definition) is 1. The van der Waals surface area contributed by atoms with Crippen LogP contribution in [0, 0.1) is 6.92 Å². The normalized spacial score (nSPS) is 15.7. The zero-order valence-corrected chi connectivity index (χ0v) is 16.4. The molecule has 1 atom stereocenters. The number of aryl methyl sites for hydroxylation is 1. The van der Waals surface area contributed by atoms with Crippen molar-refractivity contribution in [2.24, 2.45) is 0 Å². The van der Waals surface area contributed by atoms with Gasteiger partial charge in [-0.2, -0.15) is 5.10 Å². The fraction of sp³-hybridized carbons (Fsp3) is 0.158. The van der Waals surface area contributed by atoms with Gasteiger partial charge in [0.2, 0.25) is 0 Å². The van der Waals surface area contributed by atoms with Crippen LogP contribution in [0.2, 0.25) is 0 Å². The summed E-state index contributed by atoms with van der Waals surface area (Å²) in [4.78, 5) is 12.7. The van der Waals surface area contributed by atoms with Crippen LogP contribution in [-0.2, 0) is 22.3 Å². The summed E-state index contributed by atoms with van der Waals surface area (Å²) in [5.74, 6) is 1.21. The third-order valence-corrected chi connectivity index (χ3v) is 5.97. The van der Waals surface area contributed by atoms with Crippen LogP contribution < -0.4 is 5.32 Å². The molecule has 0 saturated heterocycles. The van der Waals surface area contributed by atoms with Gasteiger partial charge < -0.3 is 5.32 Å². The highest BCUT2D eigenvalue weighted by atomic mass is 79.9. The molecule has 0 spiro atoms. The van der Waals surface area contributed by atoms with Crippen molar-refractivity contribution >= 4 is 38.5 Å². The van der Waals surface area contributed by atoms with Crippen molar-refractivity contribution in [3.8, 4) is 5.69 Å². The molecule has 1 aliphatic rings. The van der Waals surface area contributed by atoms with E-state index in [9.17, 15) is 9.00 Å². The Morgan fingerprint density at radius 2 is 1.96 bits per heavy atom. The maximum Gasteiger partial charge on any atom is 0.256 e. The number of anilines is 1. The molecule has 2 aromatic carbocycles. The van der Waals surface area contributed by atoms with Crippen molar-refractivity contribution < 1.29 is 9.00 Å². The van der Waals surface area contributed by atoms with Crippen LogP contribution in [0.5, 0.6) is 0 Å². The molecule has 26 heavy (non-hydrogen) atoms. The Bertz CT molecular complexity index is 1030. The summed E-state index contributed by atoms with van der Waals surface area (Å²) >= 11 is 3.39. The number of benzene rings is 2. The standard InChI is InChI=1S/C19H16BrN3O2S/c1-12-5-7-15(8-6-12)23-18(16-10-26(25)11-17(16)22-23)21-19(24)13-3-2-4-14(20)9-13/h2-9H,10-11H2,1H3,(H,21,24)/t26-/m1/s1. The average molecular weight is 430 g/mol. The number of fused-ring (bicyclic) bond motifs is 1. The first kappa shape index (κ1) is 17.2. The summed E-state index contributed by atoms with van der Waals surface area (Å²) < 4.78 is 14.5. The molecule has 7 heteroatoms. The van der Waals surface area contributed by atoms with Crippen LogP contribution in [0.4, 0.5) is 5.82 Å². The first-order valence-electron chi connectivity index (χ1n) is 8.11. The van der Waals surface area contributed by atoms with Crippen molar-refractivity contribution in [1.82, 2.24) is 9.78 Å². The number of carbonyl (C=O) groups is 1. The summed E-state index contributed by atoms with van der Waals surface area (Å²) in [7, 11) is -0.964. The van der Waals surface area contributed by atoms with Crippen LogP contribution in [0.25, 0.3) is 5.69 Å². The second-order valence-corrected chi connectivity index (χ2v) is 8.59. The number of nitrogens with one attached hydrogen (secondary N) is 1. The van der Waals surface area contributed by atoms with Gasteiger partial charge in [-0.3, -0.25) is 9.00 Å². The minimum Gasteiger partial charge on any atom is -0.306 e. The molecule has 1 aliphatic heterocycles. The Kier molecular flexibility index (Phi) is 4.50. The number of halogens is 1. The summed E-state index contributed by atoms with van der Waals surface area (Å²) in [5.41, 5.74) is 4.19. The van der Waals surface area contributed by atoms with Gasteiger partial charge in [0.25, 0.3) is 5.91 Å². The van der Waals surface area contributed by atoms with E-state index in [2.05, 4.69) is 26.3 Å². The van der Waals surface area contributed by atoms with E-state index in [0.29, 0.717) is 22.9 Å². The molecule has 0 saturated carbocycles. The molecule has 5 nitrogen and oxygen atoms in total. The van der Waals surface area contributed by atoms with Gasteiger partial charge in [0.05, 0.1) is 22.9 Å². The van der Waals surface area contributed by atoms with Crippen molar-refractivity contribution in [1.29, 1.82) is 0 Å². The van der Waals surface area contributed by atoms with Crippen molar-refractivity contribution in [2.45, 2.75) is 18.4 Å². The fourth-order valence-electron chi connectivity index (χ4n) is 2.94. The van der Waals surface area contributed by atoms with Crippen molar-refractivity contribution in [3.05, 3.63) is 75.4 Å². The Hall–Kier alpha value is -2.25. The Morgan fingerprint density at radius 1 is 1.19 bits per heavy atom. The quantitative estimate of drug-likeness (QED) is 0.684. The lowest BCUT2D eigenvalue weighted by Crippen LogP contribution is -2.16. The predicted octanol–water partition coefficient (Wildman–Crippen LogP) is 3.96. The number of rotatable bonds is 3. The van der Waals surface area contributed by atoms with Gasteiger partial charge in [-0.05, 0) is 37.3 Å². The first-order valence-corrected chi connectivity index (χ1v) is 10.4. The van der Waals surface area contributed by atoms with Gasteiger partial charge in [0.1, 0.15) is 5.82 Å². The van der Waals surface area contributed by atoms with E-state index >= 15 is 0 Å². The number of aromatic nitrogens is 2. The molecule has 0 unspecified atom stereocenters. The molecule has 0 aliphatic carbocycles. The molecule has 3 aromatic rings. The van der Waals surface area contributed by atoms with Crippen LogP contribution in [-0.4, -0.2) is 19.9 Å². The summed E-state index contributed by atoms with van der Waals surface area (Å²) in [6.07, 6.45) is 0. The molecular formula is C19H16BrN3O2S. The van der Waals surface area contributed by atoms with Crippen LogP contribution in [0.3, 0.4) is 0 Å². The monoisotopic (exact) mass is 429 g/mol. The molecule has 4 rings (SSSR count). The molecule has 1 N–H and O–H groups in total. The predicted molar refractivity (Wildman–Crippen MR) is 106 cm³/mol. The average Bonchev–Trinajstić information content (AvgIpc) is 3.13. The molecular weight excluding hydrogens is 414 g/mol. The molecule has 0 radical (unpaired) electrons. The SMILES string of the molecule is Cc1ccc(-n2nc3c(c2NC(=O)c2cccc(Br)c2)C[S@@](=O)C3)cc1. The minimum absolute atomic E-state index is 0.222. The molecule has 0 fully saturated rings. The molecule has 1 aromatic heterocycles. The number of nitrogens with zero attached hydrogens (tertiary/aromatic N) is 2. The fourth-order valence-corrected chi connectivity index (χ4v) is 4.60. The third kappa shape index (κ3) is 3.24. The Labute approximate surface area is 162 Å². The van der Waals surface area contributed by atoms with Gasteiger partial charge in [0, 0.05) is 26.4 Å². The summed E-state index contributed by atoms with van der Waals surface area (Å²) in [6.45, 7) is 2.02. The maximum atomic E-state index is 12.7. The molecule has 132 valence electrons. The lowest BCUT2D eigenvalue weighted by Gasteiger charge is -2.11. The van der Waals surface area contributed by atoms with Gasteiger partial charge >= 0.3 is 0 Å². The van der Waals surface area contributed by atoms with Crippen molar-refractivity contribution in [3.63, 3.8) is 0 Å². The van der Waals surface area contributed by atoms with Crippen molar-refractivity contribution in [2.75, 3.05) is 5.32 Å². The summed E-state index contributed by atoms with van der Waals surface area (Å²) in [6, 6.07) is 15.1. The number of carbonyl (C=O) groups excluding carboxylic acids is 1. The smallest absolute Gasteiger partial charge is 0.256 e. The number of hydrogen-bond acceptors (Lipinski definition) is 3. The highest BCUT2D eigenvalue weighted by Gasteiger charge is 2.28. The van der Waals surface area contributed by atoms with Gasteiger partial charge in [0.15, 0.2) is 0 Å². The first-order chi connectivity index (χ1) is 12.5. The van der Waals surface area contributed by atoms with E-state index in [1.807, 2.05) is 43.3 Å². The highest BCUT2D eigenvalue weighted by Crippen LogP contribution is 2.31. The van der Waals surface area contributed by atoms with E-state index in [-0.39, 0.29) is 5.91 Å². The lowest BCUT2D eigenvalue weighted by molar-refractivity contribution is 0.102. The molecule has 1 amide bonds. The molecule has 2 heterocycles. The van der Waals surface area contributed by atoms with E-state index in [4.69, 9.17) is 0 Å². The van der Waals surface area contributed by atoms with Gasteiger partial charge in [-0.25, -0.2) is 4.68 Å². The Balaban J connectivity index is 1.75. The number of amides is 1. The van der Waals surface area contributed by atoms with E-state index < -0.39 is 10.8 Å². The van der Waals surface area contributed by atoms with Gasteiger partial charge in [-0.15, -0.1) is 0 Å². The zero-order chi connectivity index (χ0) is 18.3.